The van der Waals surface area contributed by atoms with Crippen molar-refractivity contribution in [2.45, 2.75) is 35.1 Å². The zero-order chi connectivity index (χ0) is 12.4. The van der Waals surface area contributed by atoms with Gasteiger partial charge in [-0.3, -0.25) is 4.18 Å². The van der Waals surface area contributed by atoms with Crippen LogP contribution in [-0.4, -0.2) is 35.2 Å². The first-order valence-electron chi connectivity index (χ1n) is 5.54. The first kappa shape index (κ1) is 12.8. The molecule has 2 aliphatic carbocycles. The second-order valence-electron chi connectivity index (χ2n) is 4.98. The van der Waals surface area contributed by atoms with Crippen molar-refractivity contribution in [3.63, 3.8) is 0 Å². The van der Waals surface area contributed by atoms with Gasteiger partial charge in [-0.15, -0.1) is 0 Å². The molecule has 2 bridgehead atoms. The number of hydrogen-bond donors (Lipinski definition) is 0. The lowest BCUT2D eigenvalue weighted by Gasteiger charge is -2.15. The Morgan fingerprint density at radius 1 is 1.18 bits per heavy atom. The highest BCUT2D eigenvalue weighted by Crippen LogP contribution is 2.59. The van der Waals surface area contributed by atoms with Gasteiger partial charge in [0.15, 0.2) is 0 Å². The predicted molar refractivity (Wildman–Crippen MR) is 65.4 cm³/mol. The first-order chi connectivity index (χ1) is 7.80. The van der Waals surface area contributed by atoms with Gasteiger partial charge in [-0.25, -0.2) is 0 Å². The van der Waals surface area contributed by atoms with E-state index in [1.54, 1.807) is 0 Å². The average Bonchev–Trinajstić information content (AvgIpc) is 2.69. The van der Waals surface area contributed by atoms with Gasteiger partial charge in [0.2, 0.25) is 3.79 Å². The van der Waals surface area contributed by atoms with Gasteiger partial charge in [-0.05, 0) is 31.1 Å². The van der Waals surface area contributed by atoms with E-state index < -0.39 is 20.7 Å². The molecule has 4 atom stereocenters. The molecule has 0 N–H and O–H groups in total. The predicted octanol–water partition coefficient (Wildman–Crippen LogP) is 2.10. The van der Waals surface area contributed by atoms with E-state index in [1.807, 2.05) is 0 Å². The molecule has 0 aromatic heterocycles. The van der Waals surface area contributed by atoms with Crippen molar-refractivity contribution in [1.82, 2.24) is 4.31 Å². The minimum Gasteiger partial charge on any atom is -0.253 e. The fourth-order valence-corrected chi connectivity index (χ4v) is 5.33. The SMILES string of the molecule is O=S(=O)(OCC(Cl)(Cl)Cl)N1C2C3CCC(C3)C21. The molecule has 0 spiro atoms. The third-order valence-corrected chi connectivity index (χ3v) is 5.70. The second-order valence-corrected chi connectivity index (χ2v) is 9.01. The summed E-state index contributed by atoms with van der Waals surface area (Å²) in [5.74, 6) is 1.02. The highest BCUT2D eigenvalue weighted by molar-refractivity contribution is 7.84. The van der Waals surface area contributed by atoms with Crippen LogP contribution in [0.2, 0.25) is 0 Å². The monoisotopic (exact) mass is 319 g/mol. The molecule has 1 saturated heterocycles. The van der Waals surface area contributed by atoms with E-state index in [-0.39, 0.29) is 12.1 Å². The van der Waals surface area contributed by atoms with Crippen LogP contribution in [0.3, 0.4) is 0 Å². The molecule has 0 aromatic rings. The molecule has 1 aliphatic heterocycles. The zero-order valence-electron chi connectivity index (χ0n) is 8.85. The van der Waals surface area contributed by atoms with Gasteiger partial charge in [-0.2, -0.15) is 12.7 Å². The lowest BCUT2D eigenvalue weighted by molar-refractivity contribution is 0.292. The first-order valence-corrected chi connectivity index (χ1v) is 8.04. The summed E-state index contributed by atoms with van der Waals surface area (Å²) in [5.41, 5.74) is 0. The molecule has 0 aromatic carbocycles. The topological polar surface area (TPSA) is 46.4 Å². The maximum Gasteiger partial charge on any atom is 0.339 e. The number of piperidine rings is 1. The third kappa shape index (κ3) is 2.19. The molecule has 17 heavy (non-hydrogen) atoms. The molecule has 4 unspecified atom stereocenters. The lowest BCUT2D eigenvalue weighted by Crippen LogP contribution is -2.26. The van der Waals surface area contributed by atoms with Gasteiger partial charge in [-0.1, -0.05) is 34.8 Å². The number of fused-ring (bicyclic) bond motifs is 5. The highest BCUT2D eigenvalue weighted by atomic mass is 35.6. The quantitative estimate of drug-likeness (QED) is 0.591. The Labute approximate surface area is 115 Å². The number of hydrogen-bond acceptors (Lipinski definition) is 3. The van der Waals surface area contributed by atoms with E-state index in [9.17, 15) is 8.42 Å². The summed E-state index contributed by atoms with van der Waals surface area (Å²) in [4.78, 5) is 0. The fraction of sp³-hybridized carbons (Fsp3) is 1.00. The maximum absolute atomic E-state index is 11.9. The molecular formula is C9H12Cl3NO3S. The smallest absolute Gasteiger partial charge is 0.253 e. The van der Waals surface area contributed by atoms with E-state index >= 15 is 0 Å². The number of rotatable bonds is 3. The largest absolute Gasteiger partial charge is 0.339 e. The van der Waals surface area contributed by atoms with E-state index in [2.05, 4.69) is 0 Å². The Balaban J connectivity index is 1.66. The van der Waals surface area contributed by atoms with E-state index in [1.165, 1.54) is 4.31 Å². The Kier molecular flexibility index (Phi) is 2.90. The minimum absolute atomic E-state index is 0.147. The average molecular weight is 321 g/mol. The van der Waals surface area contributed by atoms with E-state index in [0.29, 0.717) is 11.8 Å². The van der Waals surface area contributed by atoms with Gasteiger partial charge in [0.05, 0.1) is 0 Å². The number of alkyl halides is 3. The molecule has 3 rings (SSSR count). The Morgan fingerprint density at radius 2 is 1.71 bits per heavy atom. The summed E-state index contributed by atoms with van der Waals surface area (Å²) in [5, 5.41) is 0. The highest BCUT2D eigenvalue weighted by Gasteiger charge is 2.68. The van der Waals surface area contributed by atoms with Crippen LogP contribution in [0.1, 0.15) is 19.3 Å². The van der Waals surface area contributed by atoms with Crippen LogP contribution in [0.5, 0.6) is 0 Å². The van der Waals surface area contributed by atoms with Gasteiger partial charge < -0.3 is 0 Å². The van der Waals surface area contributed by atoms with Crippen molar-refractivity contribution in [1.29, 1.82) is 0 Å². The summed E-state index contributed by atoms with van der Waals surface area (Å²) in [7, 11) is -3.73. The number of halogens is 3. The molecule has 0 radical (unpaired) electrons. The van der Waals surface area contributed by atoms with Crippen LogP contribution in [0.25, 0.3) is 0 Å². The molecule has 2 saturated carbocycles. The summed E-state index contributed by atoms with van der Waals surface area (Å²) >= 11 is 16.4. The van der Waals surface area contributed by atoms with Gasteiger partial charge in [0, 0.05) is 12.1 Å². The standard InChI is InChI=1S/C9H12Cl3NO3S/c10-9(11,12)4-16-17(14,15)13-7-5-1-2-6(3-5)8(7)13/h5-8H,1-4H2. The molecule has 8 heteroatoms. The van der Waals surface area contributed by atoms with Gasteiger partial charge >= 0.3 is 10.3 Å². The van der Waals surface area contributed by atoms with E-state index in [4.69, 9.17) is 39.0 Å². The Bertz CT molecular complexity index is 419. The molecule has 3 fully saturated rings. The Morgan fingerprint density at radius 3 is 2.18 bits per heavy atom. The van der Waals surface area contributed by atoms with Crippen molar-refractivity contribution >= 4 is 45.1 Å². The van der Waals surface area contributed by atoms with Crippen LogP contribution in [0.4, 0.5) is 0 Å². The van der Waals surface area contributed by atoms with Crippen LogP contribution < -0.4 is 0 Å². The fourth-order valence-electron chi connectivity index (χ4n) is 3.39. The molecular weight excluding hydrogens is 309 g/mol. The van der Waals surface area contributed by atoms with Crippen molar-refractivity contribution in [3.8, 4) is 0 Å². The van der Waals surface area contributed by atoms with E-state index in [0.717, 1.165) is 19.3 Å². The maximum atomic E-state index is 11.9. The zero-order valence-corrected chi connectivity index (χ0v) is 11.9. The van der Waals surface area contributed by atoms with Crippen LogP contribution in [0, 0.1) is 11.8 Å². The molecule has 98 valence electrons. The summed E-state index contributed by atoms with van der Waals surface area (Å²) in [6.45, 7) is -0.439. The molecule has 1 heterocycles. The minimum atomic E-state index is -3.73. The normalized spacial score (nSPS) is 43.8. The molecule has 4 nitrogen and oxygen atoms in total. The Hall–Kier alpha value is 0.740. The van der Waals surface area contributed by atoms with Gasteiger partial charge in [0.25, 0.3) is 0 Å². The number of nitrogens with zero attached hydrogens (tertiary/aromatic N) is 1. The molecule has 0 amide bonds. The summed E-state index contributed by atoms with van der Waals surface area (Å²) < 4.78 is 28.3. The second kappa shape index (κ2) is 3.87. The van der Waals surface area contributed by atoms with Crippen molar-refractivity contribution in [2.24, 2.45) is 11.8 Å². The third-order valence-electron chi connectivity index (χ3n) is 3.96. The van der Waals surface area contributed by atoms with Crippen molar-refractivity contribution < 1.29 is 12.6 Å². The summed E-state index contributed by atoms with van der Waals surface area (Å²) in [6.07, 6.45) is 3.41. The lowest BCUT2D eigenvalue weighted by atomic mass is 10.0. The van der Waals surface area contributed by atoms with Crippen molar-refractivity contribution in [2.75, 3.05) is 6.61 Å². The molecule has 3 aliphatic rings. The van der Waals surface area contributed by atoms with Crippen molar-refractivity contribution in [3.05, 3.63) is 0 Å². The van der Waals surface area contributed by atoms with Crippen LogP contribution >= 0.6 is 34.8 Å². The van der Waals surface area contributed by atoms with Crippen LogP contribution in [0.15, 0.2) is 0 Å². The van der Waals surface area contributed by atoms with Crippen LogP contribution in [-0.2, 0) is 14.5 Å². The summed E-state index contributed by atoms with van der Waals surface area (Å²) in [6, 6.07) is 0.295. The van der Waals surface area contributed by atoms with Gasteiger partial charge in [0.1, 0.15) is 6.61 Å².